The highest BCUT2D eigenvalue weighted by Gasteiger charge is 2.54. The van der Waals surface area contributed by atoms with Crippen LogP contribution in [0.1, 0.15) is 58.8 Å². The van der Waals surface area contributed by atoms with E-state index in [-0.39, 0.29) is 0 Å². The van der Waals surface area contributed by atoms with Crippen molar-refractivity contribution < 1.29 is 0 Å². The minimum Gasteiger partial charge on any atom is -0.311 e. The topological polar surface area (TPSA) is 15.3 Å². The van der Waals surface area contributed by atoms with Crippen LogP contribution in [-0.4, -0.2) is 35.6 Å². The molecule has 5 rings (SSSR count). The van der Waals surface area contributed by atoms with Crippen molar-refractivity contribution in [2.24, 2.45) is 17.8 Å². The second-order valence-electron chi connectivity index (χ2n) is 8.16. The van der Waals surface area contributed by atoms with Crippen molar-refractivity contribution >= 4 is 0 Å². The fourth-order valence-electron chi connectivity index (χ4n) is 6.28. The normalized spacial score (nSPS) is 53.7. The zero-order valence-electron chi connectivity index (χ0n) is 12.7. The van der Waals surface area contributed by atoms with Gasteiger partial charge in [0.25, 0.3) is 0 Å². The molecule has 1 N–H and O–H groups in total. The molecule has 19 heavy (non-hydrogen) atoms. The molecule has 2 heteroatoms. The molecule has 0 spiro atoms. The molecule has 5 aliphatic rings. The molecule has 4 aliphatic carbocycles. The summed E-state index contributed by atoms with van der Waals surface area (Å²) in [4.78, 5) is 2.96. The standard InChI is InChI=1S/C17H30N2/c1-3-16-11-19(12(2)10-18-16)17-7-13-4-14(8-17)6-15(5-13)9-17/h12-16,18H,3-11H2,1-2H3. The maximum atomic E-state index is 3.74. The number of hydrogen-bond acceptors (Lipinski definition) is 2. The Labute approximate surface area is 118 Å². The third kappa shape index (κ3) is 1.98. The SMILES string of the molecule is CCC1CN(C23CC4CC(CC(C4)C2)C3)C(C)CN1. The fraction of sp³-hybridized carbons (Fsp3) is 1.00. The summed E-state index contributed by atoms with van der Waals surface area (Å²) < 4.78 is 0. The lowest BCUT2D eigenvalue weighted by Crippen LogP contribution is -2.68. The molecule has 4 bridgehead atoms. The number of nitrogens with zero attached hydrogens (tertiary/aromatic N) is 1. The van der Waals surface area contributed by atoms with E-state index < -0.39 is 0 Å². The van der Waals surface area contributed by atoms with E-state index in [4.69, 9.17) is 0 Å². The van der Waals surface area contributed by atoms with Gasteiger partial charge in [-0.05, 0) is 69.6 Å². The first kappa shape index (κ1) is 12.6. The molecule has 1 heterocycles. The molecule has 2 atom stereocenters. The van der Waals surface area contributed by atoms with Gasteiger partial charge in [0.05, 0.1) is 0 Å². The Morgan fingerprint density at radius 2 is 1.63 bits per heavy atom. The van der Waals surface area contributed by atoms with E-state index in [1.165, 1.54) is 38.8 Å². The second kappa shape index (κ2) is 4.46. The van der Waals surface area contributed by atoms with Crippen molar-refractivity contribution in [3.8, 4) is 0 Å². The lowest BCUT2D eigenvalue weighted by atomic mass is 9.52. The van der Waals surface area contributed by atoms with Gasteiger partial charge in [0.15, 0.2) is 0 Å². The predicted octanol–water partition coefficient (Wildman–Crippen LogP) is 3.03. The Bertz CT molecular complexity index is 316. The molecule has 2 nitrogen and oxygen atoms in total. The molecule has 5 fully saturated rings. The Balaban J connectivity index is 1.59. The summed E-state index contributed by atoms with van der Waals surface area (Å²) in [7, 11) is 0. The molecule has 1 aliphatic heterocycles. The Hall–Kier alpha value is -0.0800. The van der Waals surface area contributed by atoms with Crippen LogP contribution in [0.25, 0.3) is 0 Å². The first-order valence-corrected chi connectivity index (χ1v) is 8.68. The molecular weight excluding hydrogens is 232 g/mol. The first-order valence-electron chi connectivity index (χ1n) is 8.68. The molecular formula is C17H30N2. The van der Waals surface area contributed by atoms with Crippen LogP contribution in [0.5, 0.6) is 0 Å². The maximum Gasteiger partial charge on any atom is 0.0221 e. The van der Waals surface area contributed by atoms with Gasteiger partial charge in [-0.1, -0.05) is 6.92 Å². The zero-order valence-corrected chi connectivity index (χ0v) is 12.7. The van der Waals surface area contributed by atoms with Crippen molar-refractivity contribution in [1.82, 2.24) is 10.2 Å². The van der Waals surface area contributed by atoms with Gasteiger partial charge >= 0.3 is 0 Å². The molecule has 0 amide bonds. The van der Waals surface area contributed by atoms with E-state index in [2.05, 4.69) is 24.1 Å². The zero-order chi connectivity index (χ0) is 13.0. The van der Waals surface area contributed by atoms with Crippen molar-refractivity contribution in [3.63, 3.8) is 0 Å². The van der Waals surface area contributed by atoms with Crippen LogP contribution in [0.2, 0.25) is 0 Å². The highest BCUT2D eigenvalue weighted by Crippen LogP contribution is 2.58. The molecule has 0 aromatic rings. The Morgan fingerprint density at radius 1 is 1.05 bits per heavy atom. The smallest absolute Gasteiger partial charge is 0.0221 e. The van der Waals surface area contributed by atoms with Crippen LogP contribution in [0.15, 0.2) is 0 Å². The summed E-state index contributed by atoms with van der Waals surface area (Å²) in [5.41, 5.74) is 0.615. The summed E-state index contributed by atoms with van der Waals surface area (Å²) in [5.74, 6) is 3.23. The summed E-state index contributed by atoms with van der Waals surface area (Å²) >= 11 is 0. The molecule has 4 saturated carbocycles. The van der Waals surface area contributed by atoms with E-state index in [0.29, 0.717) is 5.54 Å². The van der Waals surface area contributed by atoms with Crippen LogP contribution in [0.4, 0.5) is 0 Å². The first-order chi connectivity index (χ1) is 9.18. The third-order valence-electron chi connectivity index (χ3n) is 6.76. The van der Waals surface area contributed by atoms with E-state index in [0.717, 1.165) is 29.8 Å². The van der Waals surface area contributed by atoms with Gasteiger partial charge in [0.2, 0.25) is 0 Å². The minimum absolute atomic E-state index is 0.615. The van der Waals surface area contributed by atoms with Crippen molar-refractivity contribution in [2.45, 2.75) is 76.4 Å². The lowest BCUT2D eigenvalue weighted by molar-refractivity contribution is -0.112. The average molecular weight is 262 g/mol. The largest absolute Gasteiger partial charge is 0.311 e. The second-order valence-corrected chi connectivity index (χ2v) is 8.16. The van der Waals surface area contributed by atoms with Crippen LogP contribution >= 0.6 is 0 Å². The van der Waals surface area contributed by atoms with E-state index in [9.17, 15) is 0 Å². The van der Waals surface area contributed by atoms with E-state index >= 15 is 0 Å². The summed E-state index contributed by atoms with van der Waals surface area (Å²) in [5, 5.41) is 3.74. The van der Waals surface area contributed by atoms with E-state index in [1.807, 2.05) is 0 Å². The maximum absolute atomic E-state index is 3.74. The molecule has 0 aromatic carbocycles. The van der Waals surface area contributed by atoms with Gasteiger partial charge in [-0.2, -0.15) is 0 Å². The molecule has 0 aromatic heterocycles. The van der Waals surface area contributed by atoms with Gasteiger partial charge in [-0.3, -0.25) is 4.90 Å². The predicted molar refractivity (Wildman–Crippen MR) is 79.2 cm³/mol. The van der Waals surface area contributed by atoms with Gasteiger partial charge in [0, 0.05) is 30.7 Å². The van der Waals surface area contributed by atoms with Crippen LogP contribution in [-0.2, 0) is 0 Å². The van der Waals surface area contributed by atoms with E-state index in [1.54, 1.807) is 19.3 Å². The number of hydrogen-bond donors (Lipinski definition) is 1. The Morgan fingerprint density at radius 3 is 2.16 bits per heavy atom. The summed E-state index contributed by atoms with van der Waals surface area (Å²) in [6, 6.07) is 1.49. The minimum atomic E-state index is 0.615. The molecule has 108 valence electrons. The van der Waals surface area contributed by atoms with Gasteiger partial charge < -0.3 is 5.32 Å². The van der Waals surface area contributed by atoms with Crippen LogP contribution in [0, 0.1) is 17.8 Å². The third-order valence-corrected chi connectivity index (χ3v) is 6.76. The highest BCUT2D eigenvalue weighted by atomic mass is 15.3. The lowest BCUT2D eigenvalue weighted by Gasteiger charge is -2.63. The van der Waals surface area contributed by atoms with Crippen LogP contribution < -0.4 is 5.32 Å². The van der Waals surface area contributed by atoms with Crippen molar-refractivity contribution in [1.29, 1.82) is 0 Å². The van der Waals surface area contributed by atoms with Crippen molar-refractivity contribution in [3.05, 3.63) is 0 Å². The molecule has 1 saturated heterocycles. The average Bonchev–Trinajstić information content (AvgIpc) is 2.37. The monoisotopic (exact) mass is 262 g/mol. The summed E-state index contributed by atoms with van der Waals surface area (Å²) in [6.45, 7) is 7.31. The highest BCUT2D eigenvalue weighted by molar-refractivity contribution is 5.09. The molecule has 2 unspecified atom stereocenters. The number of rotatable bonds is 2. The van der Waals surface area contributed by atoms with Gasteiger partial charge in [-0.15, -0.1) is 0 Å². The number of nitrogens with one attached hydrogen (secondary N) is 1. The van der Waals surface area contributed by atoms with Crippen molar-refractivity contribution in [2.75, 3.05) is 13.1 Å². The molecule has 0 radical (unpaired) electrons. The quantitative estimate of drug-likeness (QED) is 0.823. The Kier molecular flexibility index (Phi) is 2.97. The van der Waals surface area contributed by atoms with Gasteiger partial charge in [0.1, 0.15) is 0 Å². The number of piperazine rings is 1. The van der Waals surface area contributed by atoms with Gasteiger partial charge in [-0.25, -0.2) is 0 Å². The summed E-state index contributed by atoms with van der Waals surface area (Å²) in [6.07, 6.45) is 10.6. The fourth-order valence-corrected chi connectivity index (χ4v) is 6.28. The van der Waals surface area contributed by atoms with Crippen LogP contribution in [0.3, 0.4) is 0 Å².